The highest BCUT2D eigenvalue weighted by Crippen LogP contribution is 2.29. The van der Waals surface area contributed by atoms with Crippen molar-refractivity contribution in [3.8, 4) is 16.9 Å². The van der Waals surface area contributed by atoms with E-state index in [4.69, 9.17) is 9.47 Å². The first-order valence-electron chi connectivity index (χ1n) is 7.62. The van der Waals surface area contributed by atoms with Gasteiger partial charge in [-0.1, -0.05) is 12.1 Å². The van der Waals surface area contributed by atoms with E-state index in [1.165, 1.54) is 25.3 Å². The molecule has 3 rings (SSSR count). The number of methoxy groups -OCH3 is 1. The summed E-state index contributed by atoms with van der Waals surface area (Å²) in [5.74, 6) is -0.585. The SMILES string of the molecule is COc1ccc(-c2ccc(F)cc2COC2CCNC2)cc1F. The van der Waals surface area contributed by atoms with Crippen LogP contribution in [0.25, 0.3) is 11.1 Å². The summed E-state index contributed by atoms with van der Waals surface area (Å²) >= 11 is 0. The van der Waals surface area contributed by atoms with Crippen LogP contribution in [0.4, 0.5) is 8.78 Å². The van der Waals surface area contributed by atoms with Crippen LogP contribution in [-0.2, 0) is 11.3 Å². The summed E-state index contributed by atoms with van der Waals surface area (Å²) in [4.78, 5) is 0. The molecule has 1 aliphatic heterocycles. The van der Waals surface area contributed by atoms with Gasteiger partial charge in [0.25, 0.3) is 0 Å². The number of halogens is 2. The summed E-state index contributed by atoms with van der Waals surface area (Å²) in [6.45, 7) is 2.04. The van der Waals surface area contributed by atoms with E-state index in [-0.39, 0.29) is 17.7 Å². The zero-order valence-corrected chi connectivity index (χ0v) is 12.9. The topological polar surface area (TPSA) is 30.5 Å². The van der Waals surface area contributed by atoms with Crippen LogP contribution in [0, 0.1) is 11.6 Å². The quantitative estimate of drug-likeness (QED) is 0.915. The lowest BCUT2D eigenvalue weighted by Crippen LogP contribution is -2.16. The van der Waals surface area contributed by atoms with Crippen LogP contribution >= 0.6 is 0 Å². The number of hydrogen-bond donors (Lipinski definition) is 1. The zero-order chi connectivity index (χ0) is 16.2. The molecular formula is C18H19F2NO2. The van der Waals surface area contributed by atoms with Crippen LogP contribution in [0.1, 0.15) is 12.0 Å². The second-order valence-corrected chi connectivity index (χ2v) is 5.58. The van der Waals surface area contributed by atoms with Crippen LogP contribution in [0.2, 0.25) is 0 Å². The molecule has 5 heteroatoms. The minimum absolute atomic E-state index is 0.138. The van der Waals surface area contributed by atoms with E-state index in [9.17, 15) is 8.78 Å². The van der Waals surface area contributed by atoms with Gasteiger partial charge in [0.2, 0.25) is 0 Å². The molecule has 0 aliphatic carbocycles. The van der Waals surface area contributed by atoms with Gasteiger partial charge >= 0.3 is 0 Å². The normalized spacial score (nSPS) is 17.4. The van der Waals surface area contributed by atoms with Crippen LogP contribution in [-0.4, -0.2) is 26.3 Å². The van der Waals surface area contributed by atoms with E-state index < -0.39 is 5.82 Å². The van der Waals surface area contributed by atoms with Crippen LogP contribution < -0.4 is 10.1 Å². The molecule has 23 heavy (non-hydrogen) atoms. The minimum Gasteiger partial charge on any atom is -0.494 e. The lowest BCUT2D eigenvalue weighted by atomic mass is 9.99. The van der Waals surface area contributed by atoms with Crippen molar-refractivity contribution in [2.45, 2.75) is 19.1 Å². The van der Waals surface area contributed by atoms with Crippen molar-refractivity contribution in [3.05, 3.63) is 53.6 Å². The molecule has 0 bridgehead atoms. The summed E-state index contributed by atoms with van der Waals surface area (Å²) in [5.41, 5.74) is 2.15. The van der Waals surface area contributed by atoms with Gasteiger partial charge in [-0.15, -0.1) is 0 Å². The average molecular weight is 319 g/mol. The van der Waals surface area contributed by atoms with Crippen molar-refractivity contribution in [3.63, 3.8) is 0 Å². The lowest BCUT2D eigenvalue weighted by Gasteiger charge is -2.14. The van der Waals surface area contributed by atoms with Crippen LogP contribution in [0.15, 0.2) is 36.4 Å². The number of hydrogen-bond acceptors (Lipinski definition) is 3. The van der Waals surface area contributed by atoms with Gasteiger partial charge in [0.05, 0.1) is 19.8 Å². The minimum atomic E-state index is -0.443. The number of rotatable bonds is 5. The van der Waals surface area contributed by atoms with E-state index in [0.717, 1.165) is 25.1 Å². The number of benzene rings is 2. The fraction of sp³-hybridized carbons (Fsp3) is 0.333. The molecule has 0 spiro atoms. The zero-order valence-electron chi connectivity index (χ0n) is 12.9. The first-order chi connectivity index (χ1) is 11.2. The highest BCUT2D eigenvalue weighted by Gasteiger charge is 2.16. The number of nitrogens with one attached hydrogen (secondary N) is 1. The van der Waals surface area contributed by atoms with E-state index in [1.54, 1.807) is 18.2 Å². The van der Waals surface area contributed by atoms with Gasteiger partial charge in [-0.05, 0) is 53.9 Å². The van der Waals surface area contributed by atoms with Gasteiger partial charge in [0, 0.05) is 6.54 Å². The van der Waals surface area contributed by atoms with Crippen molar-refractivity contribution in [2.24, 2.45) is 0 Å². The molecule has 122 valence electrons. The molecule has 0 aromatic heterocycles. The maximum Gasteiger partial charge on any atom is 0.165 e. The Balaban J connectivity index is 1.87. The molecule has 0 radical (unpaired) electrons. The number of ether oxygens (including phenoxy) is 2. The third-order valence-corrected chi connectivity index (χ3v) is 4.02. The Bertz CT molecular complexity index is 685. The molecule has 1 aliphatic rings. The molecule has 1 heterocycles. The van der Waals surface area contributed by atoms with E-state index in [2.05, 4.69) is 5.32 Å². The van der Waals surface area contributed by atoms with Gasteiger partial charge < -0.3 is 14.8 Å². The van der Waals surface area contributed by atoms with Crippen molar-refractivity contribution in [2.75, 3.05) is 20.2 Å². The predicted molar refractivity (Wildman–Crippen MR) is 84.4 cm³/mol. The van der Waals surface area contributed by atoms with Gasteiger partial charge in [-0.3, -0.25) is 0 Å². The predicted octanol–water partition coefficient (Wildman–Crippen LogP) is 3.52. The van der Waals surface area contributed by atoms with Crippen molar-refractivity contribution >= 4 is 0 Å². The molecule has 1 atom stereocenters. The smallest absolute Gasteiger partial charge is 0.165 e. The average Bonchev–Trinajstić information content (AvgIpc) is 3.06. The van der Waals surface area contributed by atoms with Gasteiger partial charge in [-0.25, -0.2) is 8.78 Å². The molecular weight excluding hydrogens is 300 g/mol. The van der Waals surface area contributed by atoms with Crippen molar-refractivity contribution < 1.29 is 18.3 Å². The second-order valence-electron chi connectivity index (χ2n) is 5.58. The Morgan fingerprint density at radius 3 is 2.74 bits per heavy atom. The third kappa shape index (κ3) is 3.68. The molecule has 1 fully saturated rings. The largest absolute Gasteiger partial charge is 0.494 e. The summed E-state index contributed by atoms with van der Waals surface area (Å²) in [6, 6.07) is 9.20. The fourth-order valence-electron chi connectivity index (χ4n) is 2.78. The Kier molecular flexibility index (Phi) is 4.88. The monoisotopic (exact) mass is 319 g/mol. The Morgan fingerprint density at radius 1 is 1.17 bits per heavy atom. The third-order valence-electron chi connectivity index (χ3n) is 4.02. The summed E-state index contributed by atoms with van der Waals surface area (Å²) in [5, 5.41) is 3.22. The highest BCUT2D eigenvalue weighted by molar-refractivity contribution is 5.68. The van der Waals surface area contributed by atoms with Crippen LogP contribution in [0.3, 0.4) is 0 Å². The molecule has 2 aromatic carbocycles. The fourth-order valence-corrected chi connectivity index (χ4v) is 2.78. The van der Waals surface area contributed by atoms with Crippen molar-refractivity contribution in [1.29, 1.82) is 0 Å². The molecule has 1 unspecified atom stereocenters. The van der Waals surface area contributed by atoms with Gasteiger partial charge in [-0.2, -0.15) is 0 Å². The molecule has 0 amide bonds. The standard InChI is InChI=1S/C18H19F2NO2/c1-22-18-5-2-12(9-17(18)20)16-4-3-14(19)8-13(16)11-23-15-6-7-21-10-15/h2-5,8-9,15,21H,6-7,10-11H2,1H3. The first-order valence-corrected chi connectivity index (χ1v) is 7.62. The summed E-state index contributed by atoms with van der Waals surface area (Å²) in [6.07, 6.45) is 1.08. The van der Waals surface area contributed by atoms with E-state index >= 15 is 0 Å². The van der Waals surface area contributed by atoms with Crippen molar-refractivity contribution in [1.82, 2.24) is 5.32 Å². The Hall–Kier alpha value is -1.98. The summed E-state index contributed by atoms with van der Waals surface area (Å²) < 4.78 is 38.3. The van der Waals surface area contributed by atoms with Crippen LogP contribution in [0.5, 0.6) is 5.75 Å². The van der Waals surface area contributed by atoms with E-state index in [1.807, 2.05) is 0 Å². The lowest BCUT2D eigenvalue weighted by molar-refractivity contribution is 0.0543. The Labute approximate surface area is 134 Å². The Morgan fingerprint density at radius 2 is 2.04 bits per heavy atom. The maximum absolute atomic E-state index is 13.9. The molecule has 2 aromatic rings. The first kappa shape index (κ1) is 15.9. The van der Waals surface area contributed by atoms with Gasteiger partial charge in [0.15, 0.2) is 11.6 Å². The molecule has 0 saturated carbocycles. The highest BCUT2D eigenvalue weighted by atomic mass is 19.1. The maximum atomic E-state index is 13.9. The molecule has 1 saturated heterocycles. The summed E-state index contributed by atoms with van der Waals surface area (Å²) in [7, 11) is 1.42. The molecule has 1 N–H and O–H groups in total. The van der Waals surface area contributed by atoms with E-state index in [0.29, 0.717) is 17.7 Å². The second kappa shape index (κ2) is 7.06. The van der Waals surface area contributed by atoms with Gasteiger partial charge in [0.1, 0.15) is 5.82 Å². The molecule has 3 nitrogen and oxygen atoms in total.